The Labute approximate surface area is 140 Å². The fourth-order valence-corrected chi connectivity index (χ4v) is 2.20. The third kappa shape index (κ3) is 7.68. The van der Waals surface area contributed by atoms with E-state index in [1.807, 2.05) is 31.2 Å². The van der Waals surface area contributed by atoms with Crippen LogP contribution in [0.25, 0.3) is 0 Å². The fraction of sp³-hybridized carbons (Fsp3) is 0.556. The molecule has 0 atom stereocenters. The summed E-state index contributed by atoms with van der Waals surface area (Å²) in [4.78, 5) is 15.9. The van der Waals surface area contributed by atoms with Gasteiger partial charge in [-0.3, -0.25) is 9.79 Å². The van der Waals surface area contributed by atoms with Crippen LogP contribution in [0.2, 0.25) is 0 Å². The molecule has 1 rings (SSSR count). The zero-order chi connectivity index (χ0) is 16.9. The van der Waals surface area contributed by atoms with Gasteiger partial charge in [0.1, 0.15) is 0 Å². The van der Waals surface area contributed by atoms with Crippen molar-refractivity contribution in [3.63, 3.8) is 0 Å². The van der Waals surface area contributed by atoms with Gasteiger partial charge in [0, 0.05) is 32.2 Å². The predicted octanol–water partition coefficient (Wildman–Crippen LogP) is 2.68. The summed E-state index contributed by atoms with van der Waals surface area (Å²) in [5, 5.41) is 9.40. The molecule has 0 saturated carbocycles. The lowest BCUT2D eigenvalue weighted by atomic mass is 10.1. The SMILES string of the molecule is CCCCCCNC(=NC)NCc1ccc(C(=O)NCC)cc1. The van der Waals surface area contributed by atoms with E-state index >= 15 is 0 Å². The number of benzene rings is 1. The standard InChI is InChI=1S/C18H30N4O/c1-4-6-7-8-13-21-18(19-3)22-14-15-9-11-16(12-10-15)17(23)20-5-2/h9-12H,4-8,13-14H2,1-3H3,(H,20,23)(H2,19,21,22). The van der Waals surface area contributed by atoms with Crippen LogP contribution in [-0.2, 0) is 6.54 Å². The monoisotopic (exact) mass is 318 g/mol. The first kappa shape index (κ1) is 19.0. The third-order valence-electron chi connectivity index (χ3n) is 3.56. The Morgan fingerprint density at radius 3 is 2.35 bits per heavy atom. The van der Waals surface area contributed by atoms with Crippen molar-refractivity contribution in [2.45, 2.75) is 46.1 Å². The lowest BCUT2D eigenvalue weighted by Gasteiger charge is -2.12. The van der Waals surface area contributed by atoms with E-state index in [4.69, 9.17) is 0 Å². The minimum absolute atomic E-state index is 0.0310. The van der Waals surface area contributed by atoms with Crippen molar-refractivity contribution in [1.82, 2.24) is 16.0 Å². The van der Waals surface area contributed by atoms with Gasteiger partial charge in [-0.2, -0.15) is 0 Å². The second kappa shape index (κ2) is 11.5. The van der Waals surface area contributed by atoms with Crippen molar-refractivity contribution in [2.75, 3.05) is 20.1 Å². The number of guanidine groups is 1. The van der Waals surface area contributed by atoms with E-state index in [-0.39, 0.29) is 5.91 Å². The normalized spacial score (nSPS) is 11.2. The van der Waals surface area contributed by atoms with Crippen molar-refractivity contribution in [3.8, 4) is 0 Å². The van der Waals surface area contributed by atoms with E-state index in [0.717, 1.165) is 24.5 Å². The Morgan fingerprint density at radius 1 is 1.00 bits per heavy atom. The van der Waals surface area contributed by atoms with Gasteiger partial charge in [-0.1, -0.05) is 38.3 Å². The summed E-state index contributed by atoms with van der Waals surface area (Å²) < 4.78 is 0. The van der Waals surface area contributed by atoms with Crippen LogP contribution >= 0.6 is 0 Å². The van der Waals surface area contributed by atoms with E-state index in [0.29, 0.717) is 18.7 Å². The molecule has 0 aliphatic carbocycles. The molecule has 0 fully saturated rings. The molecule has 0 bridgehead atoms. The maximum atomic E-state index is 11.7. The molecule has 0 aliphatic rings. The highest BCUT2D eigenvalue weighted by Crippen LogP contribution is 2.04. The summed E-state index contributed by atoms with van der Waals surface area (Å²) in [5.74, 6) is 0.783. The number of hydrogen-bond acceptors (Lipinski definition) is 2. The first-order valence-electron chi connectivity index (χ1n) is 8.52. The van der Waals surface area contributed by atoms with E-state index in [2.05, 4.69) is 27.9 Å². The summed E-state index contributed by atoms with van der Waals surface area (Å²) in [7, 11) is 1.78. The molecule has 0 aromatic heterocycles. The van der Waals surface area contributed by atoms with Crippen LogP contribution in [0.5, 0.6) is 0 Å². The quantitative estimate of drug-likeness (QED) is 0.372. The van der Waals surface area contributed by atoms with Gasteiger partial charge in [-0.05, 0) is 31.0 Å². The maximum Gasteiger partial charge on any atom is 0.251 e. The number of nitrogens with one attached hydrogen (secondary N) is 3. The first-order valence-corrected chi connectivity index (χ1v) is 8.52. The fourth-order valence-electron chi connectivity index (χ4n) is 2.20. The Kier molecular flexibility index (Phi) is 9.52. The Morgan fingerprint density at radius 2 is 1.74 bits per heavy atom. The van der Waals surface area contributed by atoms with Gasteiger partial charge in [0.05, 0.1) is 0 Å². The lowest BCUT2D eigenvalue weighted by molar-refractivity contribution is 0.0956. The number of unbranched alkanes of at least 4 members (excludes halogenated alkanes) is 3. The minimum Gasteiger partial charge on any atom is -0.356 e. The number of hydrogen-bond donors (Lipinski definition) is 3. The largest absolute Gasteiger partial charge is 0.356 e. The molecule has 0 spiro atoms. The van der Waals surface area contributed by atoms with Crippen LogP contribution in [0.1, 0.15) is 55.5 Å². The van der Waals surface area contributed by atoms with E-state index < -0.39 is 0 Å². The topological polar surface area (TPSA) is 65.5 Å². The number of amides is 1. The van der Waals surface area contributed by atoms with Gasteiger partial charge in [0.2, 0.25) is 0 Å². The molecule has 128 valence electrons. The highest BCUT2D eigenvalue weighted by molar-refractivity contribution is 5.94. The second-order valence-corrected chi connectivity index (χ2v) is 5.47. The summed E-state index contributed by atoms with van der Waals surface area (Å²) in [6, 6.07) is 7.63. The molecule has 0 aliphatic heterocycles. The first-order chi connectivity index (χ1) is 11.2. The predicted molar refractivity (Wildman–Crippen MR) is 96.8 cm³/mol. The second-order valence-electron chi connectivity index (χ2n) is 5.47. The van der Waals surface area contributed by atoms with Gasteiger partial charge in [0.25, 0.3) is 5.91 Å². The molecule has 0 heterocycles. The van der Waals surface area contributed by atoms with Gasteiger partial charge < -0.3 is 16.0 Å². The molecule has 0 saturated heterocycles. The van der Waals surface area contributed by atoms with Gasteiger partial charge >= 0.3 is 0 Å². The van der Waals surface area contributed by atoms with Crippen molar-refractivity contribution >= 4 is 11.9 Å². The van der Waals surface area contributed by atoms with Crippen molar-refractivity contribution in [1.29, 1.82) is 0 Å². The smallest absolute Gasteiger partial charge is 0.251 e. The number of aliphatic imine (C=N–C) groups is 1. The number of carbonyl (C=O) groups excluding carboxylic acids is 1. The van der Waals surface area contributed by atoms with Crippen molar-refractivity contribution in [3.05, 3.63) is 35.4 Å². The Balaban J connectivity index is 2.36. The molecule has 1 aromatic carbocycles. The molecule has 1 amide bonds. The molecule has 23 heavy (non-hydrogen) atoms. The van der Waals surface area contributed by atoms with Crippen LogP contribution in [0, 0.1) is 0 Å². The summed E-state index contributed by atoms with van der Waals surface area (Å²) in [6.07, 6.45) is 4.95. The molecule has 1 aromatic rings. The average Bonchev–Trinajstić information content (AvgIpc) is 2.58. The molecular formula is C18H30N4O. The molecule has 5 heteroatoms. The molecular weight excluding hydrogens is 288 g/mol. The molecule has 3 N–H and O–H groups in total. The van der Waals surface area contributed by atoms with Gasteiger partial charge in [0.15, 0.2) is 5.96 Å². The third-order valence-corrected chi connectivity index (χ3v) is 3.56. The molecule has 0 radical (unpaired) electrons. The van der Waals surface area contributed by atoms with Crippen molar-refractivity contribution < 1.29 is 4.79 Å². The average molecular weight is 318 g/mol. The van der Waals surface area contributed by atoms with Crippen LogP contribution < -0.4 is 16.0 Å². The highest BCUT2D eigenvalue weighted by atomic mass is 16.1. The zero-order valence-corrected chi connectivity index (χ0v) is 14.6. The van der Waals surface area contributed by atoms with Crippen LogP contribution in [0.4, 0.5) is 0 Å². The van der Waals surface area contributed by atoms with E-state index in [1.54, 1.807) is 7.05 Å². The van der Waals surface area contributed by atoms with E-state index in [9.17, 15) is 4.79 Å². The highest BCUT2D eigenvalue weighted by Gasteiger charge is 2.04. The number of nitrogens with zero attached hydrogens (tertiary/aromatic N) is 1. The zero-order valence-electron chi connectivity index (χ0n) is 14.6. The minimum atomic E-state index is -0.0310. The van der Waals surface area contributed by atoms with Crippen LogP contribution in [0.15, 0.2) is 29.3 Å². The van der Waals surface area contributed by atoms with Crippen LogP contribution in [0.3, 0.4) is 0 Å². The lowest BCUT2D eigenvalue weighted by Crippen LogP contribution is -2.37. The van der Waals surface area contributed by atoms with Gasteiger partial charge in [-0.15, -0.1) is 0 Å². The summed E-state index contributed by atoms with van der Waals surface area (Å²) >= 11 is 0. The Hall–Kier alpha value is -2.04. The van der Waals surface area contributed by atoms with Crippen molar-refractivity contribution in [2.24, 2.45) is 4.99 Å². The Bertz CT molecular complexity index is 482. The van der Waals surface area contributed by atoms with Crippen LogP contribution in [-0.4, -0.2) is 32.0 Å². The van der Waals surface area contributed by atoms with Gasteiger partial charge in [-0.25, -0.2) is 0 Å². The summed E-state index contributed by atoms with van der Waals surface area (Å²) in [6.45, 7) is 6.39. The number of carbonyl (C=O) groups is 1. The van der Waals surface area contributed by atoms with E-state index in [1.165, 1.54) is 19.3 Å². The molecule has 5 nitrogen and oxygen atoms in total. The molecule has 0 unspecified atom stereocenters. The maximum absolute atomic E-state index is 11.7. The number of rotatable bonds is 9. The summed E-state index contributed by atoms with van der Waals surface area (Å²) in [5.41, 5.74) is 1.81.